The highest BCUT2D eigenvalue weighted by molar-refractivity contribution is 5.90. The lowest BCUT2D eigenvalue weighted by atomic mass is 10.2. The molecule has 0 unspecified atom stereocenters. The summed E-state index contributed by atoms with van der Waals surface area (Å²) < 4.78 is 4.62. The summed E-state index contributed by atoms with van der Waals surface area (Å²) >= 11 is 0. The maximum Gasteiger partial charge on any atom is 0.356 e. The number of ether oxygens (including phenoxy) is 1. The number of esters is 1. The van der Waals surface area contributed by atoms with Crippen molar-refractivity contribution in [2.24, 2.45) is 0 Å². The van der Waals surface area contributed by atoms with Crippen molar-refractivity contribution in [2.75, 3.05) is 25.1 Å². The molecular formula is C12H14N2O3. The Morgan fingerprint density at radius 2 is 2.12 bits per heavy atom. The summed E-state index contributed by atoms with van der Waals surface area (Å²) in [7, 11) is 1.30. The molecule has 0 N–H and O–H groups in total. The number of anilines is 1. The molecule has 0 aromatic carbocycles. The van der Waals surface area contributed by atoms with Crippen molar-refractivity contribution in [3.8, 4) is 0 Å². The van der Waals surface area contributed by atoms with E-state index in [0.29, 0.717) is 6.29 Å². The second kappa shape index (κ2) is 4.95. The SMILES string of the molecule is COC(=O)c1cc(N2CCCC2)cc(C=O)n1. The summed E-state index contributed by atoms with van der Waals surface area (Å²) in [6.07, 6.45) is 2.91. The Balaban J connectivity index is 2.37. The van der Waals surface area contributed by atoms with E-state index < -0.39 is 5.97 Å². The normalized spacial score (nSPS) is 14.8. The van der Waals surface area contributed by atoms with Crippen molar-refractivity contribution in [1.29, 1.82) is 0 Å². The highest BCUT2D eigenvalue weighted by Gasteiger charge is 2.17. The molecule has 5 nitrogen and oxygen atoms in total. The average molecular weight is 234 g/mol. The molecule has 0 amide bonds. The van der Waals surface area contributed by atoms with Gasteiger partial charge in [0.2, 0.25) is 0 Å². The largest absolute Gasteiger partial charge is 0.464 e. The molecule has 2 heterocycles. The highest BCUT2D eigenvalue weighted by atomic mass is 16.5. The maximum absolute atomic E-state index is 11.4. The third kappa shape index (κ3) is 2.43. The van der Waals surface area contributed by atoms with Crippen LogP contribution >= 0.6 is 0 Å². The van der Waals surface area contributed by atoms with Gasteiger partial charge in [-0.1, -0.05) is 0 Å². The molecule has 1 fully saturated rings. The van der Waals surface area contributed by atoms with Crippen LogP contribution < -0.4 is 4.90 Å². The number of aromatic nitrogens is 1. The average Bonchev–Trinajstić information content (AvgIpc) is 2.91. The van der Waals surface area contributed by atoms with E-state index in [9.17, 15) is 9.59 Å². The molecule has 1 aromatic heterocycles. The van der Waals surface area contributed by atoms with Crippen molar-refractivity contribution in [2.45, 2.75) is 12.8 Å². The minimum absolute atomic E-state index is 0.180. The van der Waals surface area contributed by atoms with E-state index in [4.69, 9.17) is 0 Å². The Labute approximate surface area is 99.4 Å². The number of carbonyl (C=O) groups excluding carboxylic acids is 2. The van der Waals surface area contributed by atoms with Crippen LogP contribution in [0.25, 0.3) is 0 Å². The fourth-order valence-electron chi connectivity index (χ4n) is 1.96. The Kier molecular flexibility index (Phi) is 3.37. The first-order chi connectivity index (χ1) is 8.24. The smallest absolute Gasteiger partial charge is 0.356 e. The fraction of sp³-hybridized carbons (Fsp3) is 0.417. The minimum atomic E-state index is -0.519. The monoisotopic (exact) mass is 234 g/mol. The number of hydrogen-bond donors (Lipinski definition) is 0. The van der Waals surface area contributed by atoms with Gasteiger partial charge >= 0.3 is 5.97 Å². The Morgan fingerprint density at radius 1 is 1.41 bits per heavy atom. The van der Waals surface area contributed by atoms with Gasteiger partial charge in [0.15, 0.2) is 12.0 Å². The van der Waals surface area contributed by atoms with E-state index >= 15 is 0 Å². The van der Waals surface area contributed by atoms with E-state index in [-0.39, 0.29) is 11.4 Å². The standard InChI is InChI=1S/C12H14N2O3/c1-17-12(16)11-7-10(6-9(8-15)13-11)14-4-2-3-5-14/h6-8H,2-5H2,1H3. The van der Waals surface area contributed by atoms with Gasteiger partial charge in [0.25, 0.3) is 0 Å². The first-order valence-electron chi connectivity index (χ1n) is 5.55. The number of methoxy groups -OCH3 is 1. The number of nitrogens with zero attached hydrogens (tertiary/aromatic N) is 2. The van der Waals surface area contributed by atoms with E-state index in [1.807, 2.05) is 0 Å². The van der Waals surface area contributed by atoms with Crippen molar-refractivity contribution in [3.05, 3.63) is 23.5 Å². The van der Waals surface area contributed by atoms with Crippen molar-refractivity contribution in [1.82, 2.24) is 4.98 Å². The van der Waals surface area contributed by atoms with Crippen LogP contribution in [0.2, 0.25) is 0 Å². The topological polar surface area (TPSA) is 59.5 Å². The van der Waals surface area contributed by atoms with Crippen LogP contribution in [-0.4, -0.2) is 37.4 Å². The van der Waals surface area contributed by atoms with Gasteiger partial charge in [-0.2, -0.15) is 0 Å². The molecule has 0 saturated carbocycles. The van der Waals surface area contributed by atoms with Gasteiger partial charge < -0.3 is 9.64 Å². The van der Waals surface area contributed by atoms with Crippen LogP contribution in [0.1, 0.15) is 33.8 Å². The summed E-state index contributed by atoms with van der Waals surface area (Å²) in [5.74, 6) is -0.519. The van der Waals surface area contributed by atoms with Gasteiger partial charge in [-0.15, -0.1) is 0 Å². The molecule has 1 saturated heterocycles. The molecule has 0 radical (unpaired) electrons. The lowest BCUT2D eigenvalue weighted by Crippen LogP contribution is -2.19. The molecule has 5 heteroatoms. The molecule has 0 atom stereocenters. The van der Waals surface area contributed by atoms with Crippen LogP contribution in [0.15, 0.2) is 12.1 Å². The second-order valence-corrected chi connectivity index (χ2v) is 3.94. The Hall–Kier alpha value is -1.91. The number of pyridine rings is 1. The summed E-state index contributed by atoms with van der Waals surface area (Å²) in [4.78, 5) is 28.3. The third-order valence-electron chi connectivity index (χ3n) is 2.82. The molecule has 0 aliphatic carbocycles. The molecule has 1 aliphatic heterocycles. The lowest BCUT2D eigenvalue weighted by molar-refractivity contribution is 0.0594. The van der Waals surface area contributed by atoms with E-state index in [2.05, 4.69) is 14.6 Å². The molecule has 1 aromatic rings. The number of hydrogen-bond acceptors (Lipinski definition) is 5. The predicted molar refractivity (Wildman–Crippen MR) is 62.4 cm³/mol. The summed E-state index contributed by atoms with van der Waals surface area (Å²) in [6, 6.07) is 3.37. The van der Waals surface area contributed by atoms with Crippen molar-refractivity contribution in [3.63, 3.8) is 0 Å². The second-order valence-electron chi connectivity index (χ2n) is 3.94. The van der Waals surface area contributed by atoms with Gasteiger partial charge in [0.05, 0.1) is 7.11 Å². The van der Waals surface area contributed by atoms with Crippen LogP contribution in [0.5, 0.6) is 0 Å². The predicted octanol–water partition coefficient (Wildman–Crippen LogP) is 1.28. The highest BCUT2D eigenvalue weighted by Crippen LogP contribution is 2.21. The first-order valence-corrected chi connectivity index (χ1v) is 5.55. The van der Waals surface area contributed by atoms with Crippen molar-refractivity contribution >= 4 is 17.9 Å². The van der Waals surface area contributed by atoms with Gasteiger partial charge in [0, 0.05) is 18.8 Å². The van der Waals surface area contributed by atoms with Gasteiger partial charge in [-0.05, 0) is 25.0 Å². The number of aldehydes is 1. The first kappa shape index (κ1) is 11.6. The molecule has 1 aliphatic rings. The van der Waals surface area contributed by atoms with Crippen molar-refractivity contribution < 1.29 is 14.3 Å². The maximum atomic E-state index is 11.4. The van der Waals surface area contributed by atoms with Gasteiger partial charge in [0.1, 0.15) is 5.69 Å². The summed E-state index contributed by atoms with van der Waals surface area (Å²) in [6.45, 7) is 1.89. The Morgan fingerprint density at radius 3 is 2.71 bits per heavy atom. The van der Waals surface area contributed by atoms with Crippen LogP contribution in [0.4, 0.5) is 5.69 Å². The Bertz CT molecular complexity index is 439. The molecule has 2 rings (SSSR count). The fourth-order valence-corrected chi connectivity index (χ4v) is 1.96. The van der Waals surface area contributed by atoms with Crippen LogP contribution in [0, 0.1) is 0 Å². The number of carbonyl (C=O) groups is 2. The zero-order valence-corrected chi connectivity index (χ0v) is 9.68. The van der Waals surface area contributed by atoms with Crippen LogP contribution in [0.3, 0.4) is 0 Å². The summed E-state index contributed by atoms with van der Waals surface area (Å²) in [5, 5.41) is 0. The van der Waals surface area contributed by atoms with Crippen LogP contribution in [-0.2, 0) is 4.74 Å². The quantitative estimate of drug-likeness (QED) is 0.582. The number of rotatable bonds is 3. The minimum Gasteiger partial charge on any atom is -0.464 e. The van der Waals surface area contributed by atoms with Gasteiger partial charge in [-0.25, -0.2) is 9.78 Å². The van der Waals surface area contributed by atoms with E-state index in [1.54, 1.807) is 12.1 Å². The van der Waals surface area contributed by atoms with E-state index in [0.717, 1.165) is 31.6 Å². The molecule has 90 valence electrons. The lowest BCUT2D eigenvalue weighted by Gasteiger charge is -2.18. The molecule has 17 heavy (non-hydrogen) atoms. The van der Waals surface area contributed by atoms with Gasteiger partial charge in [-0.3, -0.25) is 4.79 Å². The summed E-state index contributed by atoms with van der Waals surface area (Å²) in [5.41, 5.74) is 1.30. The third-order valence-corrected chi connectivity index (χ3v) is 2.82. The molecule has 0 spiro atoms. The molecular weight excluding hydrogens is 220 g/mol. The zero-order valence-electron chi connectivity index (χ0n) is 9.68. The van der Waals surface area contributed by atoms with E-state index in [1.165, 1.54) is 7.11 Å². The molecule has 0 bridgehead atoms. The zero-order chi connectivity index (χ0) is 12.3.